The molecule has 28 heavy (non-hydrogen) atoms. The highest BCUT2D eigenvalue weighted by Gasteiger charge is 2.25. The van der Waals surface area contributed by atoms with Gasteiger partial charge in [0.15, 0.2) is 11.5 Å². The van der Waals surface area contributed by atoms with E-state index in [1.807, 2.05) is 42.5 Å². The molecular formula is C22H23ClN2O3. The minimum atomic E-state index is -0.131. The minimum absolute atomic E-state index is 0.0825. The summed E-state index contributed by atoms with van der Waals surface area (Å²) in [6, 6.07) is 13.6. The summed E-state index contributed by atoms with van der Waals surface area (Å²) >= 11 is 6.42. The fourth-order valence-corrected chi connectivity index (χ4v) is 3.94. The molecule has 0 aliphatic carbocycles. The molecule has 2 aromatic rings. The Balaban J connectivity index is 1.40. The number of carbonyl (C=O) groups excluding carboxylic acids is 1. The number of benzene rings is 2. The van der Waals surface area contributed by atoms with Gasteiger partial charge in [-0.15, -0.1) is 0 Å². The van der Waals surface area contributed by atoms with Gasteiger partial charge in [-0.3, -0.25) is 9.69 Å². The van der Waals surface area contributed by atoms with Gasteiger partial charge in [0, 0.05) is 17.6 Å². The van der Waals surface area contributed by atoms with Crippen LogP contribution in [-0.2, 0) is 4.79 Å². The van der Waals surface area contributed by atoms with Gasteiger partial charge in [0.1, 0.15) is 0 Å². The van der Waals surface area contributed by atoms with E-state index in [1.54, 1.807) is 12.2 Å². The van der Waals surface area contributed by atoms with Gasteiger partial charge < -0.3 is 14.8 Å². The number of hydrogen-bond acceptors (Lipinski definition) is 4. The average molecular weight is 399 g/mol. The van der Waals surface area contributed by atoms with Crippen LogP contribution < -0.4 is 14.8 Å². The molecule has 5 nitrogen and oxygen atoms in total. The summed E-state index contributed by atoms with van der Waals surface area (Å²) in [5, 5.41) is 3.77. The molecule has 146 valence electrons. The van der Waals surface area contributed by atoms with E-state index < -0.39 is 0 Å². The van der Waals surface area contributed by atoms with Gasteiger partial charge in [-0.1, -0.05) is 35.9 Å². The van der Waals surface area contributed by atoms with Crippen LogP contribution in [0.5, 0.6) is 11.5 Å². The Morgan fingerprint density at radius 1 is 1.14 bits per heavy atom. The van der Waals surface area contributed by atoms with Crippen molar-refractivity contribution >= 4 is 23.6 Å². The number of rotatable bonds is 6. The lowest BCUT2D eigenvalue weighted by Crippen LogP contribution is -2.36. The topological polar surface area (TPSA) is 50.8 Å². The van der Waals surface area contributed by atoms with Crippen LogP contribution in [0.25, 0.3) is 6.08 Å². The molecule has 0 radical (unpaired) electrons. The highest BCUT2D eigenvalue weighted by Crippen LogP contribution is 2.33. The Labute approximate surface area is 169 Å². The van der Waals surface area contributed by atoms with E-state index in [4.69, 9.17) is 21.1 Å². The van der Waals surface area contributed by atoms with E-state index in [2.05, 4.69) is 10.2 Å². The number of halogens is 1. The maximum absolute atomic E-state index is 12.4. The number of likely N-dealkylation sites (tertiary alicyclic amines) is 1. The van der Waals surface area contributed by atoms with Crippen molar-refractivity contribution in [3.63, 3.8) is 0 Å². The van der Waals surface area contributed by atoms with Gasteiger partial charge >= 0.3 is 0 Å². The Hall–Kier alpha value is -2.50. The SMILES string of the molecule is O=C(C=Cc1ccc2c(c1)OCO2)NCC(c1ccccc1Cl)N1CCCC1. The van der Waals surface area contributed by atoms with Crippen molar-refractivity contribution in [3.05, 3.63) is 64.7 Å². The third-order valence-corrected chi connectivity index (χ3v) is 5.48. The first-order chi connectivity index (χ1) is 13.7. The monoisotopic (exact) mass is 398 g/mol. The fourth-order valence-electron chi connectivity index (χ4n) is 3.68. The molecule has 0 saturated carbocycles. The van der Waals surface area contributed by atoms with Crippen LogP contribution in [-0.4, -0.2) is 37.2 Å². The Morgan fingerprint density at radius 2 is 1.93 bits per heavy atom. The van der Waals surface area contributed by atoms with Crippen molar-refractivity contribution in [2.45, 2.75) is 18.9 Å². The maximum atomic E-state index is 12.4. The zero-order valence-electron chi connectivity index (χ0n) is 15.6. The number of nitrogens with one attached hydrogen (secondary N) is 1. The number of amides is 1. The number of fused-ring (bicyclic) bond motifs is 1. The number of hydrogen-bond donors (Lipinski definition) is 1. The van der Waals surface area contributed by atoms with Gasteiger partial charge in [0.2, 0.25) is 12.7 Å². The normalized spacial score (nSPS) is 17.2. The van der Waals surface area contributed by atoms with E-state index in [0.29, 0.717) is 12.3 Å². The molecule has 0 bridgehead atoms. The van der Waals surface area contributed by atoms with Crippen LogP contribution in [0.3, 0.4) is 0 Å². The second kappa shape index (κ2) is 8.67. The lowest BCUT2D eigenvalue weighted by molar-refractivity contribution is -0.116. The largest absolute Gasteiger partial charge is 0.454 e. The lowest BCUT2D eigenvalue weighted by atomic mass is 10.1. The molecule has 0 aromatic heterocycles. The second-order valence-corrected chi connectivity index (χ2v) is 7.38. The number of nitrogens with zero attached hydrogens (tertiary/aromatic N) is 1. The third kappa shape index (κ3) is 4.32. The predicted octanol–water partition coefficient (Wildman–Crippen LogP) is 4.04. The van der Waals surface area contributed by atoms with E-state index >= 15 is 0 Å². The van der Waals surface area contributed by atoms with Gasteiger partial charge in [-0.2, -0.15) is 0 Å². The minimum Gasteiger partial charge on any atom is -0.454 e. The molecule has 1 unspecified atom stereocenters. The molecule has 0 spiro atoms. The first-order valence-electron chi connectivity index (χ1n) is 9.55. The Bertz CT molecular complexity index is 878. The van der Waals surface area contributed by atoms with Crippen LogP contribution in [0.2, 0.25) is 5.02 Å². The highest BCUT2D eigenvalue weighted by molar-refractivity contribution is 6.31. The van der Waals surface area contributed by atoms with Gasteiger partial charge in [0.05, 0.1) is 6.04 Å². The molecule has 1 atom stereocenters. The average Bonchev–Trinajstić information content (AvgIpc) is 3.39. The summed E-state index contributed by atoms with van der Waals surface area (Å²) in [6.07, 6.45) is 5.68. The molecule has 2 aliphatic rings. The molecule has 2 aliphatic heterocycles. The zero-order valence-corrected chi connectivity index (χ0v) is 16.3. The maximum Gasteiger partial charge on any atom is 0.244 e. The van der Waals surface area contributed by atoms with E-state index in [1.165, 1.54) is 12.8 Å². The van der Waals surface area contributed by atoms with Gasteiger partial charge in [-0.25, -0.2) is 0 Å². The van der Waals surface area contributed by atoms with Crippen molar-refractivity contribution in [3.8, 4) is 11.5 Å². The second-order valence-electron chi connectivity index (χ2n) is 6.97. The summed E-state index contributed by atoms with van der Waals surface area (Å²) in [7, 11) is 0. The summed E-state index contributed by atoms with van der Waals surface area (Å²) in [5.41, 5.74) is 1.95. The quantitative estimate of drug-likeness (QED) is 0.746. The Kier molecular flexibility index (Phi) is 5.84. The first kappa shape index (κ1) is 18.8. The number of carbonyl (C=O) groups is 1. The van der Waals surface area contributed by atoms with Gasteiger partial charge in [0.25, 0.3) is 0 Å². The van der Waals surface area contributed by atoms with Crippen LogP contribution in [0.4, 0.5) is 0 Å². The van der Waals surface area contributed by atoms with E-state index in [9.17, 15) is 4.79 Å². The van der Waals surface area contributed by atoms with Crippen molar-refractivity contribution in [1.82, 2.24) is 10.2 Å². The summed E-state index contributed by atoms with van der Waals surface area (Å²) in [6.45, 7) is 2.81. The van der Waals surface area contributed by atoms with Crippen LogP contribution in [0.1, 0.15) is 30.0 Å². The molecule has 1 saturated heterocycles. The highest BCUT2D eigenvalue weighted by atomic mass is 35.5. The van der Waals surface area contributed by atoms with Gasteiger partial charge in [-0.05, 0) is 61.3 Å². The molecule has 1 fully saturated rings. The van der Waals surface area contributed by atoms with E-state index in [0.717, 1.165) is 35.0 Å². The molecule has 2 heterocycles. The van der Waals surface area contributed by atoms with Crippen molar-refractivity contribution < 1.29 is 14.3 Å². The molecule has 6 heteroatoms. The first-order valence-corrected chi connectivity index (χ1v) is 9.92. The lowest BCUT2D eigenvalue weighted by Gasteiger charge is -2.28. The molecular weight excluding hydrogens is 376 g/mol. The zero-order chi connectivity index (χ0) is 19.3. The van der Waals surface area contributed by atoms with Crippen molar-refractivity contribution in [2.24, 2.45) is 0 Å². The molecule has 1 amide bonds. The summed E-state index contributed by atoms with van der Waals surface area (Å²) in [5.74, 6) is 1.30. The van der Waals surface area contributed by atoms with Crippen LogP contribution in [0.15, 0.2) is 48.5 Å². The molecule has 1 N–H and O–H groups in total. The molecule has 2 aromatic carbocycles. The van der Waals surface area contributed by atoms with Crippen LogP contribution >= 0.6 is 11.6 Å². The molecule has 4 rings (SSSR count). The number of ether oxygens (including phenoxy) is 2. The Morgan fingerprint density at radius 3 is 2.75 bits per heavy atom. The van der Waals surface area contributed by atoms with Crippen LogP contribution in [0, 0.1) is 0 Å². The van der Waals surface area contributed by atoms with Crippen molar-refractivity contribution in [2.75, 3.05) is 26.4 Å². The summed E-state index contributed by atoms with van der Waals surface area (Å²) in [4.78, 5) is 14.8. The summed E-state index contributed by atoms with van der Waals surface area (Å²) < 4.78 is 10.7. The third-order valence-electron chi connectivity index (χ3n) is 5.14. The standard InChI is InChI=1S/C22H23ClN2O3/c23-18-6-2-1-5-17(18)19(25-11-3-4-12-25)14-24-22(26)10-8-16-7-9-20-21(13-16)28-15-27-20/h1-2,5-10,13,19H,3-4,11-12,14-15H2,(H,24,26). The smallest absolute Gasteiger partial charge is 0.244 e. The van der Waals surface area contributed by atoms with E-state index in [-0.39, 0.29) is 18.7 Å². The fraction of sp³-hybridized carbons (Fsp3) is 0.318. The van der Waals surface area contributed by atoms with Crippen molar-refractivity contribution in [1.29, 1.82) is 0 Å². The predicted molar refractivity (Wildman–Crippen MR) is 110 cm³/mol.